The number of nitrogens with zero attached hydrogens (tertiary/aromatic N) is 1. The molecule has 4 heteroatoms. The van der Waals surface area contributed by atoms with Crippen LogP contribution in [-0.2, 0) is 0 Å². The predicted molar refractivity (Wildman–Crippen MR) is 40.1 cm³/mol. The van der Waals surface area contributed by atoms with Crippen LogP contribution in [0, 0.1) is 0 Å². The zero-order chi connectivity index (χ0) is 7.40. The Morgan fingerprint density at radius 1 is 1.64 bits per heavy atom. The molecule has 0 amide bonds. The van der Waals surface area contributed by atoms with Crippen molar-refractivity contribution >= 4 is 0 Å². The van der Waals surface area contributed by atoms with E-state index in [4.69, 9.17) is 0 Å². The van der Waals surface area contributed by atoms with Crippen LogP contribution in [0.2, 0.25) is 0 Å². The van der Waals surface area contributed by atoms with Crippen molar-refractivity contribution in [2.75, 3.05) is 19.6 Å². The van der Waals surface area contributed by atoms with Crippen molar-refractivity contribution < 1.29 is 55.8 Å². The first-order chi connectivity index (χ1) is 4.83. The smallest absolute Gasteiger partial charge is 0.661 e. The Kier molecular flexibility index (Phi) is 7.88. The van der Waals surface area contributed by atoms with E-state index in [2.05, 4.69) is 10.6 Å². The molecule has 1 saturated heterocycles. The summed E-state index contributed by atoms with van der Waals surface area (Å²) >= 11 is 0. The van der Waals surface area contributed by atoms with Gasteiger partial charge in [0.2, 0.25) is 0 Å². The van der Waals surface area contributed by atoms with Gasteiger partial charge in [0.25, 0.3) is 0 Å². The van der Waals surface area contributed by atoms with Crippen LogP contribution in [0.4, 0.5) is 4.39 Å². The average molecular weight is 184 g/mol. The van der Waals surface area contributed by atoms with Crippen LogP contribution >= 0.6 is 0 Å². The van der Waals surface area contributed by atoms with E-state index in [1.807, 2.05) is 6.92 Å². The summed E-state index contributed by atoms with van der Waals surface area (Å²) in [6.07, 6.45) is 0.000746. The molecule has 2 unspecified atom stereocenters. The van der Waals surface area contributed by atoms with Crippen molar-refractivity contribution in [3.8, 4) is 0 Å². The summed E-state index contributed by atoms with van der Waals surface area (Å²) in [7, 11) is 0. The molecule has 1 aliphatic heterocycles. The van der Waals surface area contributed by atoms with Crippen molar-refractivity contribution in [3.05, 3.63) is 5.32 Å². The van der Waals surface area contributed by atoms with E-state index in [1.165, 1.54) is 0 Å². The van der Waals surface area contributed by atoms with Gasteiger partial charge in [-0.1, -0.05) is 6.92 Å². The maximum absolute atomic E-state index is 12.5. The van der Waals surface area contributed by atoms with Crippen LogP contribution in [0.1, 0.15) is 13.3 Å². The van der Waals surface area contributed by atoms with Crippen molar-refractivity contribution in [2.24, 2.45) is 0 Å². The number of hydrogen-bond acceptors (Lipinski definition) is 1. The van der Waals surface area contributed by atoms with Gasteiger partial charge in [-0.25, -0.2) is 4.39 Å². The largest absolute Gasteiger partial charge is 1.00 e. The van der Waals surface area contributed by atoms with Gasteiger partial charge in [0, 0.05) is 6.54 Å². The van der Waals surface area contributed by atoms with Gasteiger partial charge in [0.15, 0.2) is 0 Å². The monoisotopic (exact) mass is 184 g/mol. The molecule has 0 bridgehead atoms. The van der Waals surface area contributed by atoms with Gasteiger partial charge < -0.3 is 10.6 Å². The fraction of sp³-hybridized carbons (Fsp3) is 1.00. The third kappa shape index (κ3) is 4.93. The van der Waals surface area contributed by atoms with E-state index in [0.29, 0.717) is 19.0 Å². The number of halogens is 1. The standard InChI is InChI=1S/C7H14FN2.K/c1-2-9-5-7-3-6(8)4-10-7;/h6-7,10H,2-5H2,1H3;/q-1;+1. The molecular formula is C7H14FKN2. The molecule has 0 aromatic heterocycles. The normalized spacial score (nSPS) is 30.0. The quantitative estimate of drug-likeness (QED) is 0.509. The Hall–Kier alpha value is 1.49. The minimum Gasteiger partial charge on any atom is -0.661 e. The molecule has 2 atom stereocenters. The molecule has 1 aliphatic rings. The first kappa shape index (κ1) is 12.5. The summed E-state index contributed by atoms with van der Waals surface area (Å²) in [6, 6.07) is 0.301. The first-order valence-electron chi connectivity index (χ1n) is 3.83. The van der Waals surface area contributed by atoms with Crippen molar-refractivity contribution in [3.63, 3.8) is 0 Å². The fourth-order valence-corrected chi connectivity index (χ4v) is 1.19. The Bertz CT molecular complexity index is 102. The molecule has 0 saturated carbocycles. The topological polar surface area (TPSA) is 26.1 Å². The summed E-state index contributed by atoms with van der Waals surface area (Å²) in [4.78, 5) is 0. The molecule has 1 fully saturated rings. The van der Waals surface area contributed by atoms with Gasteiger partial charge >= 0.3 is 51.4 Å². The van der Waals surface area contributed by atoms with Gasteiger partial charge in [-0.2, -0.15) is 6.54 Å². The van der Waals surface area contributed by atoms with Gasteiger partial charge in [0.1, 0.15) is 6.17 Å². The molecule has 1 heterocycles. The fourth-order valence-electron chi connectivity index (χ4n) is 1.19. The van der Waals surface area contributed by atoms with Crippen LogP contribution in [0.5, 0.6) is 0 Å². The molecule has 0 aliphatic carbocycles. The maximum atomic E-state index is 12.5. The van der Waals surface area contributed by atoms with Crippen LogP contribution in [0.25, 0.3) is 5.32 Å². The number of hydrogen-bond donors (Lipinski definition) is 1. The van der Waals surface area contributed by atoms with E-state index in [9.17, 15) is 4.39 Å². The third-order valence-corrected chi connectivity index (χ3v) is 1.74. The molecule has 11 heavy (non-hydrogen) atoms. The summed E-state index contributed by atoms with van der Waals surface area (Å²) in [6.45, 7) is 4.14. The van der Waals surface area contributed by atoms with E-state index >= 15 is 0 Å². The van der Waals surface area contributed by atoms with Crippen LogP contribution in [0.15, 0.2) is 0 Å². The zero-order valence-electron chi connectivity index (χ0n) is 7.31. The predicted octanol–water partition coefficient (Wildman–Crippen LogP) is -1.92. The second-order valence-corrected chi connectivity index (χ2v) is 2.66. The first-order valence-corrected chi connectivity index (χ1v) is 3.83. The molecule has 1 N–H and O–H groups in total. The van der Waals surface area contributed by atoms with E-state index < -0.39 is 6.17 Å². The van der Waals surface area contributed by atoms with Crippen molar-refractivity contribution in [2.45, 2.75) is 25.6 Å². The van der Waals surface area contributed by atoms with Gasteiger partial charge in [-0.3, -0.25) is 0 Å². The Labute approximate surface area is 110 Å². The summed E-state index contributed by atoms with van der Waals surface area (Å²) < 4.78 is 12.5. The van der Waals surface area contributed by atoms with Gasteiger partial charge in [-0.05, 0) is 12.5 Å². The number of likely N-dealkylation sites (N-methyl/N-ethyl adjacent to an activating group) is 1. The molecule has 0 spiro atoms. The van der Waals surface area contributed by atoms with Gasteiger partial charge in [0.05, 0.1) is 0 Å². The number of nitrogens with one attached hydrogen (secondary N) is 1. The molecule has 2 nitrogen and oxygen atoms in total. The third-order valence-electron chi connectivity index (χ3n) is 1.74. The summed E-state index contributed by atoms with van der Waals surface area (Å²) in [5.41, 5.74) is 0. The van der Waals surface area contributed by atoms with Crippen molar-refractivity contribution in [1.82, 2.24) is 5.32 Å². The molecule has 0 aromatic carbocycles. The molecule has 0 aromatic rings. The van der Waals surface area contributed by atoms with E-state index in [-0.39, 0.29) is 51.4 Å². The Morgan fingerprint density at radius 3 is 2.82 bits per heavy atom. The van der Waals surface area contributed by atoms with Crippen LogP contribution < -0.4 is 56.7 Å². The molecular weight excluding hydrogens is 170 g/mol. The summed E-state index contributed by atoms with van der Waals surface area (Å²) in [5, 5.41) is 7.23. The summed E-state index contributed by atoms with van der Waals surface area (Å²) in [5.74, 6) is 0. The second-order valence-electron chi connectivity index (χ2n) is 2.66. The van der Waals surface area contributed by atoms with E-state index in [1.54, 1.807) is 0 Å². The number of alkyl halides is 1. The average Bonchev–Trinajstić information content (AvgIpc) is 2.31. The second kappa shape index (κ2) is 6.94. The molecule has 0 radical (unpaired) electrons. The SMILES string of the molecule is CC[N-]CC1CC(F)CN1.[K+]. The van der Waals surface area contributed by atoms with E-state index in [0.717, 1.165) is 13.1 Å². The van der Waals surface area contributed by atoms with Gasteiger partial charge in [-0.15, -0.1) is 6.54 Å². The molecule has 60 valence electrons. The minimum atomic E-state index is -0.642. The maximum Gasteiger partial charge on any atom is 1.00 e. The Balaban J connectivity index is 0.000001000. The zero-order valence-corrected chi connectivity index (χ0v) is 10.4. The van der Waals surface area contributed by atoms with Crippen molar-refractivity contribution in [1.29, 1.82) is 0 Å². The van der Waals surface area contributed by atoms with Crippen LogP contribution in [-0.4, -0.2) is 31.8 Å². The number of rotatable bonds is 3. The Morgan fingerprint density at radius 2 is 2.36 bits per heavy atom. The minimum absolute atomic E-state index is 0. The molecule has 1 rings (SSSR count). The van der Waals surface area contributed by atoms with Crippen LogP contribution in [0.3, 0.4) is 0 Å².